The molecule has 2 saturated carbocycles. The van der Waals surface area contributed by atoms with Crippen LogP contribution < -0.4 is 21.5 Å². The van der Waals surface area contributed by atoms with Gasteiger partial charge in [-0.1, -0.05) is 0 Å². The van der Waals surface area contributed by atoms with Crippen LogP contribution in [0.3, 0.4) is 0 Å². The molecule has 0 saturated heterocycles. The Labute approximate surface area is 118 Å². The van der Waals surface area contributed by atoms with E-state index in [-0.39, 0.29) is 17.9 Å². The van der Waals surface area contributed by atoms with Crippen molar-refractivity contribution in [3.63, 3.8) is 0 Å². The summed E-state index contributed by atoms with van der Waals surface area (Å²) in [7, 11) is 1.57. The molecule has 0 spiro atoms. The number of rotatable bonds is 3. The van der Waals surface area contributed by atoms with Crippen LogP contribution in [-0.2, 0) is 4.79 Å². The highest BCUT2D eigenvalue weighted by molar-refractivity contribution is 5.94. The quantitative estimate of drug-likeness (QED) is 0.731. The molecule has 0 heterocycles. The molecule has 0 aromatic heterocycles. The summed E-state index contributed by atoms with van der Waals surface area (Å²) in [5.74, 6) is 1.55. The Hall–Kier alpha value is -1.75. The van der Waals surface area contributed by atoms with Crippen LogP contribution in [0.1, 0.15) is 19.3 Å². The van der Waals surface area contributed by atoms with E-state index in [1.165, 1.54) is 6.42 Å². The maximum absolute atomic E-state index is 12.4. The summed E-state index contributed by atoms with van der Waals surface area (Å²) >= 11 is 0. The maximum atomic E-state index is 12.4. The fourth-order valence-electron chi connectivity index (χ4n) is 3.76. The molecule has 1 aromatic rings. The Balaban J connectivity index is 1.72. The molecule has 3 rings (SSSR count). The van der Waals surface area contributed by atoms with Crippen molar-refractivity contribution in [2.45, 2.75) is 25.3 Å². The third-order valence-corrected chi connectivity index (χ3v) is 4.78. The van der Waals surface area contributed by atoms with E-state index in [4.69, 9.17) is 16.2 Å². The smallest absolute Gasteiger partial charge is 0.229 e. The number of nitrogens with two attached hydrogens (primary N) is 2. The van der Waals surface area contributed by atoms with Gasteiger partial charge in [-0.15, -0.1) is 0 Å². The third-order valence-electron chi connectivity index (χ3n) is 4.78. The number of hydrogen-bond acceptors (Lipinski definition) is 4. The molecular formula is C15H21N3O2. The predicted molar refractivity (Wildman–Crippen MR) is 78.3 cm³/mol. The van der Waals surface area contributed by atoms with Crippen LogP contribution in [0.4, 0.5) is 11.4 Å². The van der Waals surface area contributed by atoms with E-state index in [0.29, 0.717) is 29.0 Å². The van der Waals surface area contributed by atoms with Crippen molar-refractivity contribution in [3.8, 4) is 5.75 Å². The minimum Gasteiger partial charge on any atom is -0.495 e. The van der Waals surface area contributed by atoms with Crippen LogP contribution in [-0.4, -0.2) is 19.1 Å². The standard InChI is InChI=1S/C15H21N3O2/c1-20-12-5-4-10(7-11(12)16)18-15(19)13-8-2-3-9(6-8)14(13)17/h4-5,7-9,13-14H,2-3,6,16-17H2,1H3,(H,18,19). The van der Waals surface area contributed by atoms with Crippen LogP contribution in [0.2, 0.25) is 0 Å². The second-order valence-corrected chi connectivity index (χ2v) is 5.88. The van der Waals surface area contributed by atoms with Crippen molar-refractivity contribution in [2.24, 2.45) is 23.5 Å². The SMILES string of the molecule is COc1ccc(NC(=O)C2C3CCC(C3)C2N)cc1N. The summed E-state index contributed by atoms with van der Waals surface area (Å²) in [5.41, 5.74) is 13.3. The lowest BCUT2D eigenvalue weighted by atomic mass is 9.84. The average molecular weight is 275 g/mol. The van der Waals surface area contributed by atoms with Crippen molar-refractivity contribution in [2.75, 3.05) is 18.2 Å². The van der Waals surface area contributed by atoms with Crippen LogP contribution in [0.15, 0.2) is 18.2 Å². The molecule has 5 heteroatoms. The van der Waals surface area contributed by atoms with Gasteiger partial charge in [-0.25, -0.2) is 0 Å². The van der Waals surface area contributed by atoms with Crippen molar-refractivity contribution >= 4 is 17.3 Å². The molecule has 108 valence electrons. The summed E-state index contributed by atoms with van der Waals surface area (Å²) in [5, 5.41) is 2.94. The van der Waals surface area contributed by atoms with E-state index >= 15 is 0 Å². The van der Waals surface area contributed by atoms with E-state index in [9.17, 15) is 4.79 Å². The predicted octanol–water partition coefficient (Wildman–Crippen LogP) is 1.59. The number of fused-ring (bicyclic) bond motifs is 2. The summed E-state index contributed by atoms with van der Waals surface area (Å²) in [4.78, 5) is 12.4. The maximum Gasteiger partial charge on any atom is 0.229 e. The number of hydrogen-bond donors (Lipinski definition) is 3. The summed E-state index contributed by atoms with van der Waals surface area (Å²) < 4.78 is 5.10. The number of carbonyl (C=O) groups excluding carboxylic acids is 1. The van der Waals surface area contributed by atoms with Crippen molar-refractivity contribution in [1.29, 1.82) is 0 Å². The van der Waals surface area contributed by atoms with Gasteiger partial charge in [-0.2, -0.15) is 0 Å². The topological polar surface area (TPSA) is 90.4 Å². The molecule has 2 bridgehead atoms. The molecule has 4 atom stereocenters. The molecule has 2 aliphatic rings. The lowest BCUT2D eigenvalue weighted by Crippen LogP contribution is -2.42. The molecule has 1 aromatic carbocycles. The highest BCUT2D eigenvalue weighted by atomic mass is 16.5. The molecule has 20 heavy (non-hydrogen) atoms. The molecule has 1 amide bonds. The second-order valence-electron chi connectivity index (χ2n) is 5.88. The number of carbonyl (C=O) groups is 1. The Bertz CT molecular complexity index is 530. The molecule has 0 radical (unpaired) electrons. The molecule has 5 N–H and O–H groups in total. The van der Waals surface area contributed by atoms with E-state index in [1.54, 1.807) is 25.3 Å². The normalized spacial score (nSPS) is 31.3. The third kappa shape index (κ3) is 2.12. The number of amides is 1. The Kier molecular flexibility index (Phi) is 3.30. The first-order valence-corrected chi connectivity index (χ1v) is 7.10. The van der Waals surface area contributed by atoms with Gasteiger partial charge in [0.15, 0.2) is 0 Å². The van der Waals surface area contributed by atoms with E-state index in [1.807, 2.05) is 0 Å². The van der Waals surface area contributed by atoms with Gasteiger partial charge in [-0.05, 0) is 49.3 Å². The Morgan fingerprint density at radius 1 is 1.35 bits per heavy atom. The first kappa shape index (κ1) is 13.2. The Morgan fingerprint density at radius 3 is 2.70 bits per heavy atom. The highest BCUT2D eigenvalue weighted by Gasteiger charge is 2.49. The van der Waals surface area contributed by atoms with Crippen LogP contribution in [0.25, 0.3) is 0 Å². The largest absolute Gasteiger partial charge is 0.495 e. The molecule has 2 fully saturated rings. The molecule has 4 unspecified atom stereocenters. The first-order valence-electron chi connectivity index (χ1n) is 7.10. The Morgan fingerprint density at radius 2 is 2.10 bits per heavy atom. The number of ether oxygens (including phenoxy) is 1. The van der Waals surface area contributed by atoms with Crippen LogP contribution >= 0.6 is 0 Å². The van der Waals surface area contributed by atoms with Crippen LogP contribution in [0, 0.1) is 17.8 Å². The van der Waals surface area contributed by atoms with Gasteiger partial charge >= 0.3 is 0 Å². The van der Waals surface area contributed by atoms with Gasteiger partial charge in [0.1, 0.15) is 5.75 Å². The zero-order chi connectivity index (χ0) is 14.3. The number of nitrogen functional groups attached to an aromatic ring is 1. The van der Waals surface area contributed by atoms with E-state index in [2.05, 4.69) is 5.32 Å². The van der Waals surface area contributed by atoms with Gasteiger partial charge in [0, 0.05) is 11.7 Å². The molecular weight excluding hydrogens is 254 g/mol. The fourth-order valence-corrected chi connectivity index (χ4v) is 3.76. The lowest BCUT2D eigenvalue weighted by Gasteiger charge is -2.27. The van der Waals surface area contributed by atoms with Crippen LogP contribution in [0.5, 0.6) is 5.75 Å². The van der Waals surface area contributed by atoms with E-state index < -0.39 is 0 Å². The number of anilines is 2. The van der Waals surface area contributed by atoms with Gasteiger partial charge in [0.2, 0.25) is 5.91 Å². The summed E-state index contributed by atoms with van der Waals surface area (Å²) in [6.45, 7) is 0. The van der Waals surface area contributed by atoms with Crippen molar-refractivity contribution in [1.82, 2.24) is 0 Å². The number of nitrogens with one attached hydrogen (secondary N) is 1. The minimum absolute atomic E-state index is 0.00402. The fraction of sp³-hybridized carbons (Fsp3) is 0.533. The number of methoxy groups -OCH3 is 1. The van der Waals surface area contributed by atoms with Gasteiger partial charge in [-0.3, -0.25) is 4.79 Å². The number of benzene rings is 1. The van der Waals surface area contributed by atoms with Crippen molar-refractivity contribution < 1.29 is 9.53 Å². The second kappa shape index (κ2) is 4.98. The minimum atomic E-state index is -0.0583. The molecule has 5 nitrogen and oxygen atoms in total. The van der Waals surface area contributed by atoms with Gasteiger partial charge in [0.05, 0.1) is 18.7 Å². The highest BCUT2D eigenvalue weighted by Crippen LogP contribution is 2.47. The van der Waals surface area contributed by atoms with Gasteiger partial charge < -0.3 is 21.5 Å². The zero-order valence-electron chi connectivity index (χ0n) is 11.6. The summed E-state index contributed by atoms with van der Waals surface area (Å²) in [6, 6.07) is 5.27. The average Bonchev–Trinajstić information content (AvgIpc) is 2.99. The monoisotopic (exact) mass is 275 g/mol. The van der Waals surface area contributed by atoms with E-state index in [0.717, 1.165) is 12.8 Å². The summed E-state index contributed by atoms with van der Waals surface area (Å²) in [6.07, 6.45) is 3.40. The van der Waals surface area contributed by atoms with Crippen molar-refractivity contribution in [3.05, 3.63) is 18.2 Å². The first-order chi connectivity index (χ1) is 9.60. The zero-order valence-corrected chi connectivity index (χ0v) is 11.6. The molecule has 0 aliphatic heterocycles. The molecule has 2 aliphatic carbocycles. The lowest BCUT2D eigenvalue weighted by molar-refractivity contribution is -0.121. The van der Waals surface area contributed by atoms with Gasteiger partial charge in [0.25, 0.3) is 0 Å².